The van der Waals surface area contributed by atoms with Gasteiger partial charge in [0.05, 0.1) is 12.2 Å². The minimum atomic E-state index is -2.37. The Bertz CT molecular complexity index is 841. The molecule has 0 heterocycles. The summed E-state index contributed by atoms with van der Waals surface area (Å²) in [6.07, 6.45) is -2.21. The van der Waals surface area contributed by atoms with Crippen LogP contribution in [0.4, 0.5) is 8.78 Å². The molecule has 6 nitrogen and oxygen atoms in total. The summed E-state index contributed by atoms with van der Waals surface area (Å²) in [5.74, 6) is -3.37. The van der Waals surface area contributed by atoms with Crippen LogP contribution >= 0.6 is 0 Å². The Morgan fingerprint density at radius 2 is 1.86 bits per heavy atom. The lowest BCUT2D eigenvalue weighted by Crippen LogP contribution is -2.70. The fourth-order valence-electron chi connectivity index (χ4n) is 6.84. The Balaban J connectivity index is 1.87. The molecule has 0 aliphatic heterocycles. The van der Waals surface area contributed by atoms with E-state index in [-0.39, 0.29) is 24.8 Å². The number of hydrogen-bond donors (Lipinski definition) is 4. The average molecular weight is 412 g/mol. The third-order valence-corrected chi connectivity index (χ3v) is 8.42. The minimum Gasteiger partial charge on any atom is -0.390 e. The lowest BCUT2D eigenvalue weighted by Gasteiger charge is -2.62. The Kier molecular flexibility index (Phi) is 4.32. The average Bonchev–Trinajstić information content (AvgIpc) is 2.86. The molecule has 0 amide bonds. The topological polar surface area (TPSA) is 115 Å². The molecule has 0 aromatic rings. The van der Waals surface area contributed by atoms with E-state index in [0.717, 1.165) is 12.2 Å². The Hall–Kier alpha value is -1.48. The molecule has 160 valence electrons. The summed E-state index contributed by atoms with van der Waals surface area (Å²) in [5, 5.41) is 42.0. The van der Waals surface area contributed by atoms with Crippen molar-refractivity contribution in [2.45, 2.75) is 62.8 Å². The normalized spacial score (nSPS) is 53.7. The number of carbonyl (C=O) groups is 2. The molecule has 0 bridgehead atoms. The van der Waals surface area contributed by atoms with Gasteiger partial charge in [-0.05, 0) is 49.8 Å². The van der Waals surface area contributed by atoms with Gasteiger partial charge in [-0.25, -0.2) is 8.78 Å². The van der Waals surface area contributed by atoms with E-state index in [9.17, 15) is 30.0 Å². The van der Waals surface area contributed by atoms with E-state index in [1.165, 1.54) is 19.9 Å². The number of aliphatic hydroxyl groups is 4. The summed E-state index contributed by atoms with van der Waals surface area (Å²) in [5.41, 5.74) is -7.76. The molecule has 3 saturated carbocycles. The van der Waals surface area contributed by atoms with Gasteiger partial charge < -0.3 is 20.4 Å². The largest absolute Gasteiger partial charge is 0.390 e. The third-order valence-electron chi connectivity index (χ3n) is 8.42. The molecular formula is C21H26F2O6. The van der Waals surface area contributed by atoms with E-state index >= 15 is 8.78 Å². The maximum Gasteiger partial charge on any atom is 0.192 e. The van der Waals surface area contributed by atoms with Gasteiger partial charge in [0, 0.05) is 16.7 Å². The molecule has 0 spiro atoms. The SMILES string of the molecule is C[C@]12C=CC(=O)C=C1[C@@H](F)C[C@H]1[C@@H]3C[C@@H](O)[C@](O)(C(=O)CO)[C@@]3(C)C[C@H](O)[C@@]12F. The van der Waals surface area contributed by atoms with Crippen LogP contribution in [-0.2, 0) is 9.59 Å². The van der Waals surface area contributed by atoms with Crippen LogP contribution in [0.15, 0.2) is 23.8 Å². The second-order valence-electron chi connectivity index (χ2n) is 9.46. The summed E-state index contributed by atoms with van der Waals surface area (Å²) in [4.78, 5) is 24.2. The van der Waals surface area contributed by atoms with Crippen molar-refractivity contribution in [2.75, 3.05) is 6.61 Å². The summed E-state index contributed by atoms with van der Waals surface area (Å²) in [6, 6.07) is 0. The maximum atomic E-state index is 16.8. The van der Waals surface area contributed by atoms with Crippen LogP contribution in [0, 0.1) is 22.7 Å². The van der Waals surface area contributed by atoms with Crippen LogP contribution in [0.1, 0.15) is 33.1 Å². The van der Waals surface area contributed by atoms with E-state index < -0.39 is 70.5 Å². The summed E-state index contributed by atoms with van der Waals surface area (Å²) < 4.78 is 32.0. The smallest absolute Gasteiger partial charge is 0.192 e. The van der Waals surface area contributed by atoms with E-state index in [1.54, 1.807) is 0 Å². The van der Waals surface area contributed by atoms with Crippen LogP contribution < -0.4 is 0 Å². The second-order valence-corrected chi connectivity index (χ2v) is 9.46. The predicted molar refractivity (Wildman–Crippen MR) is 97.1 cm³/mol. The lowest BCUT2D eigenvalue weighted by molar-refractivity contribution is -0.226. The van der Waals surface area contributed by atoms with Gasteiger partial charge in [0.25, 0.3) is 0 Å². The number of fused-ring (bicyclic) bond motifs is 5. The van der Waals surface area contributed by atoms with Crippen molar-refractivity contribution in [1.29, 1.82) is 0 Å². The van der Waals surface area contributed by atoms with Gasteiger partial charge in [-0.2, -0.15) is 0 Å². The number of rotatable bonds is 2. The fourth-order valence-corrected chi connectivity index (χ4v) is 6.84. The molecule has 4 rings (SSSR count). The van der Waals surface area contributed by atoms with Crippen LogP contribution in [0.5, 0.6) is 0 Å². The van der Waals surface area contributed by atoms with Gasteiger partial charge in [-0.15, -0.1) is 0 Å². The third kappa shape index (κ3) is 2.18. The molecule has 4 N–H and O–H groups in total. The standard InChI is InChI=1S/C21H26F2O6/c1-18-4-3-10(25)5-13(18)14(22)6-12-11-7-15(26)21(29,17(28)9-24)19(11,2)8-16(27)20(12,18)23/h3-5,11-12,14-16,24,26-27,29H,6-9H2,1-2H3/t11-,12-,14-,15+,16-,18-,19-,20-,21-/m0/s1. The zero-order valence-corrected chi connectivity index (χ0v) is 16.3. The van der Waals surface area contributed by atoms with Crippen molar-refractivity contribution < 1.29 is 38.8 Å². The number of allylic oxidation sites excluding steroid dienone is 4. The molecule has 4 aliphatic carbocycles. The first-order chi connectivity index (χ1) is 13.4. The van der Waals surface area contributed by atoms with Gasteiger partial charge in [0.1, 0.15) is 12.8 Å². The van der Waals surface area contributed by atoms with Gasteiger partial charge in [0.15, 0.2) is 22.8 Å². The summed E-state index contributed by atoms with van der Waals surface area (Å²) >= 11 is 0. The zero-order chi connectivity index (χ0) is 21.6. The van der Waals surface area contributed by atoms with Crippen molar-refractivity contribution in [1.82, 2.24) is 0 Å². The van der Waals surface area contributed by atoms with Crippen molar-refractivity contribution in [3.05, 3.63) is 23.8 Å². The monoisotopic (exact) mass is 412 g/mol. The highest BCUT2D eigenvalue weighted by Gasteiger charge is 2.77. The molecule has 8 heteroatoms. The first-order valence-corrected chi connectivity index (χ1v) is 9.88. The van der Waals surface area contributed by atoms with E-state index in [1.807, 2.05) is 0 Å². The lowest BCUT2D eigenvalue weighted by atomic mass is 9.44. The molecule has 4 aliphatic rings. The van der Waals surface area contributed by atoms with Crippen LogP contribution in [0.2, 0.25) is 0 Å². The van der Waals surface area contributed by atoms with E-state index in [2.05, 4.69) is 0 Å². The molecule has 0 radical (unpaired) electrons. The molecule has 0 saturated heterocycles. The molecule has 3 fully saturated rings. The number of halogens is 2. The number of carbonyl (C=O) groups excluding carboxylic acids is 2. The van der Waals surface area contributed by atoms with E-state index in [0.29, 0.717) is 0 Å². The van der Waals surface area contributed by atoms with Gasteiger partial charge >= 0.3 is 0 Å². The van der Waals surface area contributed by atoms with Crippen molar-refractivity contribution in [3.63, 3.8) is 0 Å². The molecule has 0 unspecified atom stereocenters. The van der Waals surface area contributed by atoms with Crippen LogP contribution in [-0.4, -0.2) is 68.2 Å². The summed E-state index contributed by atoms with van der Waals surface area (Å²) in [6.45, 7) is 1.91. The predicted octanol–water partition coefficient (Wildman–Crippen LogP) is 0.569. The first kappa shape index (κ1) is 20.8. The fraction of sp³-hybridized carbons (Fsp3) is 0.714. The number of hydrogen-bond acceptors (Lipinski definition) is 6. The highest BCUT2D eigenvalue weighted by atomic mass is 19.1. The zero-order valence-electron chi connectivity index (χ0n) is 16.3. The Morgan fingerprint density at radius 1 is 1.21 bits per heavy atom. The minimum absolute atomic E-state index is 0.0216. The highest BCUT2D eigenvalue weighted by molar-refractivity contribution is 6.01. The van der Waals surface area contributed by atoms with Crippen molar-refractivity contribution in [2.24, 2.45) is 22.7 Å². The number of aliphatic hydroxyl groups excluding tert-OH is 3. The van der Waals surface area contributed by atoms with Crippen molar-refractivity contribution >= 4 is 11.6 Å². The van der Waals surface area contributed by atoms with Crippen LogP contribution in [0.25, 0.3) is 0 Å². The second kappa shape index (κ2) is 6.03. The number of ketones is 2. The number of Topliss-reactive ketones (excluding diaryl/α,β-unsaturated/α-hetero) is 1. The summed E-state index contributed by atoms with van der Waals surface area (Å²) in [7, 11) is 0. The number of alkyl halides is 2. The molecule has 29 heavy (non-hydrogen) atoms. The molecule has 0 aromatic heterocycles. The Labute approximate surface area is 166 Å². The van der Waals surface area contributed by atoms with Crippen LogP contribution in [0.3, 0.4) is 0 Å². The molecular weight excluding hydrogens is 386 g/mol. The highest BCUT2D eigenvalue weighted by Crippen LogP contribution is 2.69. The molecule has 0 aromatic carbocycles. The van der Waals surface area contributed by atoms with Gasteiger partial charge in [-0.1, -0.05) is 13.0 Å². The van der Waals surface area contributed by atoms with Gasteiger partial charge in [-0.3, -0.25) is 9.59 Å². The first-order valence-electron chi connectivity index (χ1n) is 9.88. The van der Waals surface area contributed by atoms with E-state index in [4.69, 9.17) is 0 Å². The Morgan fingerprint density at radius 3 is 2.48 bits per heavy atom. The van der Waals surface area contributed by atoms with Gasteiger partial charge in [0.2, 0.25) is 0 Å². The quantitative estimate of drug-likeness (QED) is 0.527. The maximum absolute atomic E-state index is 16.8. The molecule has 9 atom stereocenters. The van der Waals surface area contributed by atoms with Crippen molar-refractivity contribution in [3.8, 4) is 0 Å².